The number of amides is 1. The molecular weight excluding hydrogens is 282 g/mol. The summed E-state index contributed by atoms with van der Waals surface area (Å²) in [4.78, 5) is 24.0. The van der Waals surface area contributed by atoms with Crippen LogP contribution in [0.3, 0.4) is 0 Å². The van der Waals surface area contributed by atoms with E-state index in [0.29, 0.717) is 6.42 Å². The molecule has 5 nitrogen and oxygen atoms in total. The molecule has 1 amide bonds. The maximum atomic E-state index is 12.1. The molecule has 1 N–H and O–H groups in total. The normalized spacial score (nSPS) is 22.8. The lowest BCUT2D eigenvalue weighted by atomic mass is 9.89. The van der Waals surface area contributed by atoms with E-state index in [-0.39, 0.29) is 18.1 Å². The minimum atomic E-state index is -0.504. The summed E-state index contributed by atoms with van der Waals surface area (Å²) in [5.74, 6) is -0.155. The summed E-state index contributed by atoms with van der Waals surface area (Å²) in [5.41, 5.74) is -0.957. The van der Waals surface area contributed by atoms with Gasteiger partial charge in [0.05, 0.1) is 5.41 Å². The third-order valence-electron chi connectivity index (χ3n) is 4.06. The van der Waals surface area contributed by atoms with Crippen molar-refractivity contribution in [2.45, 2.75) is 91.4 Å². The number of hydrogen-bond donors (Lipinski definition) is 1. The highest BCUT2D eigenvalue weighted by molar-refractivity contribution is 5.76. The summed E-state index contributed by atoms with van der Waals surface area (Å²) in [6.45, 7) is 11.3. The maximum absolute atomic E-state index is 12.1. The summed E-state index contributed by atoms with van der Waals surface area (Å²) < 4.78 is 10.9. The summed E-state index contributed by atoms with van der Waals surface area (Å²) in [5, 5.41) is 2.88. The van der Waals surface area contributed by atoms with Gasteiger partial charge in [-0.3, -0.25) is 4.79 Å². The van der Waals surface area contributed by atoms with Gasteiger partial charge >= 0.3 is 12.1 Å². The molecule has 0 spiro atoms. The van der Waals surface area contributed by atoms with Crippen LogP contribution < -0.4 is 5.32 Å². The number of nitrogens with one attached hydrogen (secondary N) is 1. The predicted molar refractivity (Wildman–Crippen MR) is 85.6 cm³/mol. The molecule has 0 aromatic heterocycles. The van der Waals surface area contributed by atoms with Crippen molar-refractivity contribution in [3.63, 3.8) is 0 Å². The molecule has 0 saturated heterocycles. The highest BCUT2D eigenvalue weighted by Crippen LogP contribution is 2.27. The Morgan fingerprint density at radius 3 is 2.32 bits per heavy atom. The van der Waals surface area contributed by atoms with E-state index in [1.54, 1.807) is 0 Å². The van der Waals surface area contributed by atoms with Crippen molar-refractivity contribution in [1.82, 2.24) is 5.32 Å². The molecule has 22 heavy (non-hydrogen) atoms. The molecule has 0 radical (unpaired) electrons. The molecule has 2 unspecified atom stereocenters. The van der Waals surface area contributed by atoms with Crippen molar-refractivity contribution >= 4 is 12.1 Å². The van der Waals surface area contributed by atoms with Crippen molar-refractivity contribution in [3.8, 4) is 0 Å². The summed E-state index contributed by atoms with van der Waals surface area (Å²) in [7, 11) is 0. The second kappa shape index (κ2) is 7.34. The fourth-order valence-corrected chi connectivity index (χ4v) is 2.31. The van der Waals surface area contributed by atoms with Gasteiger partial charge in [-0.2, -0.15) is 0 Å². The van der Waals surface area contributed by atoms with E-state index in [9.17, 15) is 9.59 Å². The van der Waals surface area contributed by atoms with Crippen LogP contribution in [0, 0.1) is 5.41 Å². The quantitative estimate of drug-likeness (QED) is 0.802. The van der Waals surface area contributed by atoms with Gasteiger partial charge in [0.25, 0.3) is 0 Å². The van der Waals surface area contributed by atoms with E-state index in [2.05, 4.69) is 5.32 Å². The molecule has 1 aliphatic rings. The number of hydrogen-bond acceptors (Lipinski definition) is 4. The fourth-order valence-electron chi connectivity index (χ4n) is 2.31. The molecule has 0 heterocycles. The first-order chi connectivity index (χ1) is 10.0. The Labute approximate surface area is 134 Å². The van der Waals surface area contributed by atoms with Crippen molar-refractivity contribution < 1.29 is 19.1 Å². The first-order valence-corrected chi connectivity index (χ1v) is 8.24. The van der Waals surface area contributed by atoms with Crippen LogP contribution in [0.1, 0.15) is 73.6 Å². The topological polar surface area (TPSA) is 64.6 Å². The molecule has 1 rings (SSSR count). The second-order valence-electron chi connectivity index (χ2n) is 7.77. The number of rotatable bonds is 4. The lowest BCUT2D eigenvalue weighted by molar-refractivity contribution is -0.161. The highest BCUT2D eigenvalue weighted by atomic mass is 16.6. The Hall–Kier alpha value is -1.26. The van der Waals surface area contributed by atoms with Gasteiger partial charge in [0, 0.05) is 12.5 Å². The van der Waals surface area contributed by atoms with Crippen molar-refractivity contribution in [2.24, 2.45) is 5.41 Å². The van der Waals surface area contributed by atoms with Gasteiger partial charge in [-0.25, -0.2) is 4.79 Å². The Morgan fingerprint density at radius 1 is 1.14 bits per heavy atom. The van der Waals surface area contributed by atoms with E-state index in [0.717, 1.165) is 25.7 Å². The van der Waals surface area contributed by atoms with E-state index < -0.39 is 17.1 Å². The molecule has 2 atom stereocenters. The van der Waals surface area contributed by atoms with Crippen molar-refractivity contribution in [3.05, 3.63) is 0 Å². The molecule has 1 saturated carbocycles. The van der Waals surface area contributed by atoms with Gasteiger partial charge < -0.3 is 14.8 Å². The number of esters is 1. The smallest absolute Gasteiger partial charge is 0.407 e. The molecule has 0 aromatic rings. The minimum Gasteiger partial charge on any atom is -0.462 e. The van der Waals surface area contributed by atoms with E-state index in [4.69, 9.17) is 9.47 Å². The molecular formula is C17H31NO4. The number of ether oxygens (including phenoxy) is 2. The average Bonchev–Trinajstić information content (AvgIpc) is 2.36. The van der Waals surface area contributed by atoms with Crippen LogP contribution in [0.25, 0.3) is 0 Å². The molecule has 0 bridgehead atoms. The van der Waals surface area contributed by atoms with E-state index in [1.165, 1.54) is 0 Å². The number of carbonyl (C=O) groups is 2. The monoisotopic (exact) mass is 313 g/mol. The first-order valence-electron chi connectivity index (χ1n) is 8.24. The molecule has 128 valence electrons. The van der Waals surface area contributed by atoms with E-state index in [1.807, 2.05) is 41.5 Å². The largest absolute Gasteiger partial charge is 0.462 e. The number of carbonyl (C=O) groups excluding carboxylic acids is 2. The van der Waals surface area contributed by atoms with Gasteiger partial charge in [-0.05, 0) is 60.3 Å². The van der Waals surface area contributed by atoms with Crippen LogP contribution in [0.15, 0.2) is 0 Å². The van der Waals surface area contributed by atoms with Gasteiger partial charge in [0.1, 0.15) is 11.7 Å². The molecule has 0 aliphatic heterocycles. The summed E-state index contributed by atoms with van der Waals surface area (Å²) in [6.07, 6.45) is 3.57. The molecule has 5 heteroatoms. The predicted octanol–water partition coefficient (Wildman–Crippen LogP) is 3.80. The molecule has 0 aromatic carbocycles. The van der Waals surface area contributed by atoms with Gasteiger partial charge in [-0.1, -0.05) is 6.92 Å². The SMILES string of the molecule is CCC(C)(C)C(=O)OC1CCCC(NC(=O)OC(C)(C)C)C1. The third-order valence-corrected chi connectivity index (χ3v) is 4.06. The van der Waals surface area contributed by atoms with Crippen LogP contribution in [-0.4, -0.2) is 29.8 Å². The van der Waals surface area contributed by atoms with Gasteiger partial charge in [0.2, 0.25) is 0 Å². The minimum absolute atomic E-state index is 0.00568. The van der Waals surface area contributed by atoms with Crippen LogP contribution in [0.2, 0.25) is 0 Å². The Kier molecular flexibility index (Phi) is 6.27. The summed E-state index contributed by atoms with van der Waals surface area (Å²) >= 11 is 0. The van der Waals surface area contributed by atoms with E-state index >= 15 is 0 Å². The van der Waals surface area contributed by atoms with Crippen LogP contribution in [-0.2, 0) is 14.3 Å². The average molecular weight is 313 g/mol. The molecule has 1 aliphatic carbocycles. The number of alkyl carbamates (subject to hydrolysis) is 1. The maximum Gasteiger partial charge on any atom is 0.407 e. The zero-order chi connectivity index (χ0) is 17.0. The van der Waals surface area contributed by atoms with Crippen LogP contribution in [0.5, 0.6) is 0 Å². The van der Waals surface area contributed by atoms with Crippen LogP contribution in [0.4, 0.5) is 4.79 Å². The lowest BCUT2D eigenvalue weighted by Crippen LogP contribution is -2.43. The fraction of sp³-hybridized carbons (Fsp3) is 0.882. The highest BCUT2D eigenvalue weighted by Gasteiger charge is 2.32. The third kappa shape index (κ3) is 6.24. The second-order valence-corrected chi connectivity index (χ2v) is 7.77. The van der Waals surface area contributed by atoms with Crippen molar-refractivity contribution in [2.75, 3.05) is 0 Å². The zero-order valence-electron chi connectivity index (χ0n) is 14.8. The van der Waals surface area contributed by atoms with Crippen LogP contribution >= 0.6 is 0 Å². The Morgan fingerprint density at radius 2 is 1.77 bits per heavy atom. The Balaban J connectivity index is 2.48. The first kappa shape index (κ1) is 18.8. The van der Waals surface area contributed by atoms with Gasteiger partial charge in [-0.15, -0.1) is 0 Å². The summed E-state index contributed by atoms with van der Waals surface area (Å²) in [6, 6.07) is 0.00568. The Bertz CT molecular complexity index is 398. The van der Waals surface area contributed by atoms with Gasteiger partial charge in [0.15, 0.2) is 0 Å². The lowest BCUT2D eigenvalue weighted by Gasteiger charge is -2.32. The molecule has 1 fully saturated rings. The standard InChI is InChI=1S/C17H31NO4/c1-7-17(5,6)14(19)21-13-10-8-9-12(11-13)18-15(20)22-16(2,3)4/h12-13H,7-11H2,1-6H3,(H,18,20). The van der Waals surface area contributed by atoms with Crippen molar-refractivity contribution in [1.29, 1.82) is 0 Å². The zero-order valence-corrected chi connectivity index (χ0v) is 14.8.